The van der Waals surface area contributed by atoms with E-state index in [1.54, 1.807) is 6.07 Å². The molecule has 20 heavy (non-hydrogen) atoms. The third-order valence-corrected chi connectivity index (χ3v) is 3.93. The average molecular weight is 271 g/mol. The lowest BCUT2D eigenvalue weighted by atomic mass is 10.1. The van der Waals surface area contributed by atoms with Crippen LogP contribution in [-0.4, -0.2) is 29.7 Å². The van der Waals surface area contributed by atoms with Gasteiger partial charge in [0.2, 0.25) is 0 Å². The van der Waals surface area contributed by atoms with Crippen LogP contribution in [0, 0.1) is 0 Å². The van der Waals surface area contributed by atoms with E-state index in [0.717, 1.165) is 24.3 Å². The summed E-state index contributed by atoms with van der Waals surface area (Å²) in [6, 6.07) is 10.2. The molecule has 1 aliphatic rings. The molecule has 2 N–H and O–H groups in total. The minimum absolute atomic E-state index is 0.425. The Morgan fingerprint density at radius 2 is 1.85 bits per heavy atom. The van der Waals surface area contributed by atoms with Gasteiger partial charge >= 0.3 is 0 Å². The first kappa shape index (κ1) is 13.2. The average Bonchev–Trinajstić information content (AvgIpc) is 2.93. The molecule has 4 nitrogen and oxygen atoms in total. The van der Waals surface area contributed by atoms with Crippen molar-refractivity contribution in [3.05, 3.63) is 35.9 Å². The topological polar surface area (TPSA) is 55.3 Å². The van der Waals surface area contributed by atoms with Crippen LogP contribution in [0.15, 0.2) is 34.9 Å². The first-order chi connectivity index (χ1) is 9.81. The molecule has 0 spiro atoms. The molecule has 1 saturated heterocycles. The molecule has 2 aromatic rings. The van der Waals surface area contributed by atoms with Crippen molar-refractivity contribution >= 4 is 5.82 Å². The largest absolute Gasteiger partial charge is 0.381 e. The Morgan fingerprint density at radius 3 is 2.50 bits per heavy atom. The van der Waals surface area contributed by atoms with Gasteiger partial charge in [-0.2, -0.15) is 0 Å². The Bertz CT molecular complexity index is 541. The number of likely N-dealkylation sites (tertiary alicyclic amines) is 1. The molecule has 1 aromatic heterocycles. The van der Waals surface area contributed by atoms with E-state index >= 15 is 0 Å². The van der Waals surface area contributed by atoms with Crippen LogP contribution >= 0.6 is 0 Å². The number of hydrogen-bond donors (Lipinski definition) is 1. The summed E-state index contributed by atoms with van der Waals surface area (Å²) < 4.78 is 5.16. The summed E-state index contributed by atoms with van der Waals surface area (Å²) in [4.78, 5) is 2.56. The van der Waals surface area contributed by atoms with Crippen LogP contribution in [0.3, 0.4) is 0 Å². The van der Waals surface area contributed by atoms with E-state index in [1.165, 1.54) is 37.9 Å². The molecule has 0 radical (unpaired) electrons. The second-order valence-electron chi connectivity index (χ2n) is 5.47. The van der Waals surface area contributed by atoms with Crippen LogP contribution in [0.1, 0.15) is 24.8 Å². The minimum Gasteiger partial charge on any atom is -0.381 e. The van der Waals surface area contributed by atoms with E-state index in [-0.39, 0.29) is 0 Å². The van der Waals surface area contributed by atoms with Crippen molar-refractivity contribution in [3.63, 3.8) is 0 Å². The zero-order valence-corrected chi connectivity index (χ0v) is 11.7. The highest BCUT2D eigenvalue weighted by Crippen LogP contribution is 2.21. The summed E-state index contributed by atoms with van der Waals surface area (Å²) in [7, 11) is 0. The minimum atomic E-state index is 0.425. The van der Waals surface area contributed by atoms with Gasteiger partial charge in [0.1, 0.15) is 0 Å². The highest BCUT2D eigenvalue weighted by molar-refractivity contribution is 5.60. The summed E-state index contributed by atoms with van der Waals surface area (Å²) in [6.07, 6.45) is 5.21. The lowest BCUT2D eigenvalue weighted by Gasteiger charge is -2.26. The lowest BCUT2D eigenvalue weighted by molar-refractivity contribution is 0.231. The zero-order valence-electron chi connectivity index (χ0n) is 11.7. The number of nitrogen functional groups attached to an aromatic ring is 1. The monoisotopic (exact) mass is 271 g/mol. The summed E-state index contributed by atoms with van der Waals surface area (Å²) >= 11 is 0. The van der Waals surface area contributed by atoms with Crippen LogP contribution < -0.4 is 5.73 Å². The summed E-state index contributed by atoms with van der Waals surface area (Å²) in [5.74, 6) is 1.15. The molecule has 0 saturated carbocycles. The Kier molecular flexibility index (Phi) is 4.02. The van der Waals surface area contributed by atoms with E-state index in [2.05, 4.69) is 34.3 Å². The number of anilines is 1. The Hall–Kier alpha value is -1.81. The van der Waals surface area contributed by atoms with Gasteiger partial charge in [-0.1, -0.05) is 35.8 Å². The van der Waals surface area contributed by atoms with Crippen molar-refractivity contribution in [2.24, 2.45) is 0 Å². The van der Waals surface area contributed by atoms with Crippen molar-refractivity contribution in [1.82, 2.24) is 10.1 Å². The molecule has 0 aliphatic carbocycles. The zero-order chi connectivity index (χ0) is 13.8. The smallest absolute Gasteiger partial charge is 0.169 e. The number of nitrogens with zero attached hydrogens (tertiary/aromatic N) is 2. The molecule has 0 bridgehead atoms. The Balaban J connectivity index is 1.58. The van der Waals surface area contributed by atoms with E-state index in [4.69, 9.17) is 10.3 Å². The fourth-order valence-electron chi connectivity index (χ4n) is 2.73. The molecule has 0 atom stereocenters. The third kappa shape index (κ3) is 3.20. The van der Waals surface area contributed by atoms with Gasteiger partial charge in [0.15, 0.2) is 11.6 Å². The van der Waals surface area contributed by atoms with Gasteiger partial charge in [-0.25, -0.2) is 0 Å². The molecule has 3 rings (SSSR count). The number of aromatic nitrogens is 1. The van der Waals surface area contributed by atoms with Crippen LogP contribution in [-0.2, 0) is 6.42 Å². The molecule has 0 unspecified atom stereocenters. The van der Waals surface area contributed by atoms with Gasteiger partial charge in [0.05, 0.1) is 0 Å². The predicted molar refractivity (Wildman–Crippen MR) is 80.3 cm³/mol. The standard InChI is InChI=1S/C16H21N3O/c17-16-12-15(20-18-16)14-6-4-13(5-7-14)8-11-19-9-2-1-3-10-19/h4-7,12H,1-3,8-11H2,(H2,17,18). The molecule has 4 heteroatoms. The fourth-order valence-corrected chi connectivity index (χ4v) is 2.73. The van der Waals surface area contributed by atoms with Crippen LogP contribution in [0.25, 0.3) is 11.3 Å². The van der Waals surface area contributed by atoms with E-state index in [9.17, 15) is 0 Å². The van der Waals surface area contributed by atoms with Crippen molar-refractivity contribution in [2.75, 3.05) is 25.4 Å². The van der Waals surface area contributed by atoms with Crippen molar-refractivity contribution in [1.29, 1.82) is 0 Å². The Morgan fingerprint density at radius 1 is 1.10 bits per heavy atom. The van der Waals surface area contributed by atoms with Gasteiger partial charge in [0, 0.05) is 18.2 Å². The van der Waals surface area contributed by atoms with E-state index < -0.39 is 0 Å². The molecular formula is C16H21N3O. The van der Waals surface area contributed by atoms with E-state index in [1.807, 2.05) is 0 Å². The van der Waals surface area contributed by atoms with Crippen LogP contribution in [0.5, 0.6) is 0 Å². The molecule has 0 amide bonds. The Labute approximate surface area is 119 Å². The fraction of sp³-hybridized carbons (Fsp3) is 0.438. The number of piperidine rings is 1. The summed E-state index contributed by atoms with van der Waals surface area (Å²) in [5, 5.41) is 3.71. The quantitative estimate of drug-likeness (QED) is 0.929. The first-order valence-electron chi connectivity index (χ1n) is 7.35. The maximum Gasteiger partial charge on any atom is 0.169 e. The summed E-state index contributed by atoms with van der Waals surface area (Å²) in [5.41, 5.74) is 7.96. The normalized spacial score (nSPS) is 16.4. The van der Waals surface area contributed by atoms with Gasteiger partial charge in [-0.3, -0.25) is 0 Å². The van der Waals surface area contributed by atoms with Crippen LogP contribution in [0.2, 0.25) is 0 Å². The number of hydrogen-bond acceptors (Lipinski definition) is 4. The van der Waals surface area contributed by atoms with Gasteiger partial charge < -0.3 is 15.2 Å². The predicted octanol–water partition coefficient (Wildman–Crippen LogP) is 2.95. The highest BCUT2D eigenvalue weighted by atomic mass is 16.5. The van der Waals surface area contributed by atoms with Crippen molar-refractivity contribution < 1.29 is 4.52 Å². The van der Waals surface area contributed by atoms with Gasteiger partial charge in [-0.05, 0) is 37.9 Å². The maximum atomic E-state index is 5.57. The lowest BCUT2D eigenvalue weighted by Crippen LogP contribution is -2.31. The molecule has 1 aliphatic heterocycles. The van der Waals surface area contributed by atoms with Crippen molar-refractivity contribution in [3.8, 4) is 11.3 Å². The third-order valence-electron chi connectivity index (χ3n) is 3.93. The second kappa shape index (κ2) is 6.09. The second-order valence-corrected chi connectivity index (χ2v) is 5.47. The first-order valence-corrected chi connectivity index (χ1v) is 7.35. The van der Waals surface area contributed by atoms with Gasteiger partial charge in [-0.15, -0.1) is 0 Å². The maximum absolute atomic E-state index is 5.57. The molecule has 1 fully saturated rings. The molecular weight excluding hydrogens is 250 g/mol. The SMILES string of the molecule is Nc1cc(-c2ccc(CCN3CCCCC3)cc2)on1. The number of nitrogens with two attached hydrogens (primary N) is 1. The number of rotatable bonds is 4. The van der Waals surface area contributed by atoms with Crippen molar-refractivity contribution in [2.45, 2.75) is 25.7 Å². The van der Waals surface area contributed by atoms with Crippen LogP contribution in [0.4, 0.5) is 5.82 Å². The molecule has 2 heterocycles. The highest BCUT2D eigenvalue weighted by Gasteiger charge is 2.10. The molecule has 1 aromatic carbocycles. The summed E-state index contributed by atoms with van der Waals surface area (Å²) in [6.45, 7) is 3.68. The number of benzene rings is 1. The molecule has 106 valence electrons. The van der Waals surface area contributed by atoms with E-state index in [0.29, 0.717) is 5.82 Å². The van der Waals surface area contributed by atoms with Gasteiger partial charge in [0.25, 0.3) is 0 Å².